The number of carbonyl (C=O) groups is 2. The second kappa shape index (κ2) is 11.4. The van der Waals surface area contributed by atoms with Gasteiger partial charge in [-0.05, 0) is 6.42 Å². The maximum absolute atomic E-state index is 13.8. The van der Waals surface area contributed by atoms with Crippen molar-refractivity contribution >= 4 is 11.9 Å². The maximum atomic E-state index is 13.8. The Balaban J connectivity index is 2.05. The van der Waals surface area contributed by atoms with Gasteiger partial charge in [0.2, 0.25) is 0 Å². The van der Waals surface area contributed by atoms with Crippen LogP contribution in [0.1, 0.15) is 84.0 Å². The van der Waals surface area contributed by atoms with Crippen molar-refractivity contribution in [3.8, 4) is 0 Å². The lowest BCUT2D eigenvalue weighted by Crippen LogP contribution is -2.46. The molecule has 140 valence electrons. The summed E-state index contributed by atoms with van der Waals surface area (Å²) in [5, 5.41) is 2.09. The summed E-state index contributed by atoms with van der Waals surface area (Å²) in [7, 11) is 0. The molecule has 0 saturated carbocycles. The van der Waals surface area contributed by atoms with E-state index in [2.05, 4.69) is 17.0 Å². The van der Waals surface area contributed by atoms with Crippen LogP contribution in [-0.4, -0.2) is 30.4 Å². The van der Waals surface area contributed by atoms with Gasteiger partial charge in [-0.2, -0.15) is 8.78 Å². The van der Waals surface area contributed by atoms with Crippen LogP contribution < -0.4 is 5.32 Å². The lowest BCUT2D eigenvalue weighted by Gasteiger charge is -2.17. The largest absolute Gasteiger partial charge is 0.464 e. The zero-order valence-corrected chi connectivity index (χ0v) is 14.8. The van der Waals surface area contributed by atoms with Crippen molar-refractivity contribution in [2.75, 3.05) is 6.61 Å². The summed E-state index contributed by atoms with van der Waals surface area (Å²) in [5.41, 5.74) is 0. The predicted octanol–water partition coefficient (Wildman–Crippen LogP) is 4.36. The van der Waals surface area contributed by atoms with Crippen molar-refractivity contribution < 1.29 is 23.1 Å². The first kappa shape index (κ1) is 20.8. The van der Waals surface area contributed by atoms with Gasteiger partial charge in [-0.1, -0.05) is 64.7 Å². The number of hydrogen-bond acceptors (Lipinski definition) is 3. The zero-order valence-electron chi connectivity index (χ0n) is 14.8. The molecule has 4 nitrogen and oxygen atoms in total. The molecule has 1 amide bonds. The molecule has 0 aromatic carbocycles. The fourth-order valence-corrected chi connectivity index (χ4v) is 2.84. The Hall–Kier alpha value is -1.20. The number of cyclic esters (lactones) is 1. The van der Waals surface area contributed by atoms with Crippen LogP contribution in [0.25, 0.3) is 0 Å². The molecule has 1 fully saturated rings. The number of halogens is 2. The molecule has 0 unspecified atom stereocenters. The predicted molar refractivity (Wildman–Crippen MR) is 88.9 cm³/mol. The number of hydrogen-bond donors (Lipinski definition) is 1. The number of carbonyl (C=O) groups excluding carboxylic acids is 2. The van der Waals surface area contributed by atoms with Gasteiger partial charge in [-0.3, -0.25) is 4.79 Å². The smallest absolute Gasteiger partial charge is 0.328 e. The molecule has 1 heterocycles. The van der Waals surface area contributed by atoms with Crippen LogP contribution >= 0.6 is 0 Å². The molecular weight excluding hydrogens is 316 g/mol. The maximum Gasteiger partial charge on any atom is 0.328 e. The number of esters is 1. The highest BCUT2D eigenvalue weighted by molar-refractivity contribution is 5.89. The first-order valence-corrected chi connectivity index (χ1v) is 9.33. The summed E-state index contributed by atoms with van der Waals surface area (Å²) in [4.78, 5) is 22.8. The molecule has 1 aliphatic rings. The Labute approximate surface area is 143 Å². The normalized spacial score (nSPS) is 17.8. The number of alkyl halides is 2. The van der Waals surface area contributed by atoms with Crippen LogP contribution in [-0.2, 0) is 14.3 Å². The highest BCUT2D eigenvalue weighted by Crippen LogP contribution is 2.23. The second-order valence-corrected chi connectivity index (χ2v) is 6.62. The highest BCUT2D eigenvalue weighted by atomic mass is 19.3. The number of amides is 1. The van der Waals surface area contributed by atoms with E-state index < -0.39 is 30.3 Å². The molecule has 0 aliphatic carbocycles. The third-order valence-corrected chi connectivity index (χ3v) is 4.42. The molecule has 1 atom stereocenters. The van der Waals surface area contributed by atoms with Gasteiger partial charge in [-0.25, -0.2) is 4.79 Å². The number of unbranched alkanes of at least 4 members (excludes halogenated alkanes) is 9. The third kappa shape index (κ3) is 8.06. The number of ether oxygens (including phenoxy) is 1. The van der Waals surface area contributed by atoms with Crippen LogP contribution in [0.15, 0.2) is 0 Å². The molecule has 0 bridgehead atoms. The van der Waals surface area contributed by atoms with Crippen molar-refractivity contribution in [2.24, 2.45) is 0 Å². The highest BCUT2D eigenvalue weighted by Gasteiger charge is 2.41. The van der Waals surface area contributed by atoms with Crippen molar-refractivity contribution in [3.05, 3.63) is 0 Å². The monoisotopic (exact) mass is 347 g/mol. The lowest BCUT2D eigenvalue weighted by molar-refractivity contribution is -0.150. The van der Waals surface area contributed by atoms with Gasteiger partial charge >= 0.3 is 11.9 Å². The fraction of sp³-hybridized carbons (Fsp3) is 0.889. The van der Waals surface area contributed by atoms with E-state index in [1.807, 2.05) is 0 Å². The van der Waals surface area contributed by atoms with E-state index >= 15 is 0 Å². The SMILES string of the molecule is CCCCCCCCCCCCC(F)(F)C(=O)N[C@H]1CCOC1=O. The molecule has 0 aromatic heterocycles. The van der Waals surface area contributed by atoms with E-state index in [0.29, 0.717) is 12.8 Å². The standard InChI is InChI=1S/C18H31F2NO3/c1-2-3-4-5-6-7-8-9-10-11-13-18(19,20)17(23)21-15-12-14-24-16(15)22/h15H,2-14H2,1H3,(H,21,23)/t15-/m0/s1. The topological polar surface area (TPSA) is 55.4 Å². The minimum Gasteiger partial charge on any atom is -0.464 e. The molecule has 1 N–H and O–H groups in total. The van der Waals surface area contributed by atoms with Crippen molar-refractivity contribution in [1.29, 1.82) is 0 Å². The first-order valence-electron chi connectivity index (χ1n) is 9.33. The fourth-order valence-electron chi connectivity index (χ4n) is 2.84. The zero-order chi connectivity index (χ0) is 17.8. The van der Waals surface area contributed by atoms with E-state index in [-0.39, 0.29) is 13.0 Å². The first-order chi connectivity index (χ1) is 11.5. The van der Waals surface area contributed by atoms with Crippen LogP contribution in [0.4, 0.5) is 8.78 Å². The summed E-state index contributed by atoms with van der Waals surface area (Å²) in [6.07, 6.45) is 10.3. The van der Waals surface area contributed by atoms with E-state index in [0.717, 1.165) is 19.3 Å². The van der Waals surface area contributed by atoms with Crippen LogP contribution in [0, 0.1) is 0 Å². The van der Waals surface area contributed by atoms with Crippen LogP contribution in [0.3, 0.4) is 0 Å². The van der Waals surface area contributed by atoms with Gasteiger partial charge in [0.25, 0.3) is 5.91 Å². The van der Waals surface area contributed by atoms with Crippen molar-refractivity contribution in [2.45, 2.75) is 95.9 Å². The van der Waals surface area contributed by atoms with Crippen molar-refractivity contribution in [3.63, 3.8) is 0 Å². The number of rotatable bonds is 13. The summed E-state index contributed by atoms with van der Waals surface area (Å²) < 4.78 is 32.2. The van der Waals surface area contributed by atoms with Crippen LogP contribution in [0.5, 0.6) is 0 Å². The Bertz CT molecular complexity index is 388. The minimum atomic E-state index is -3.41. The second-order valence-electron chi connectivity index (χ2n) is 6.62. The van der Waals surface area contributed by atoms with Gasteiger partial charge in [0.05, 0.1) is 6.61 Å². The lowest BCUT2D eigenvalue weighted by atomic mass is 10.0. The third-order valence-electron chi connectivity index (χ3n) is 4.42. The Morgan fingerprint density at radius 2 is 1.62 bits per heavy atom. The quantitative estimate of drug-likeness (QED) is 0.398. The Kier molecular flexibility index (Phi) is 9.88. The average molecular weight is 347 g/mol. The van der Waals surface area contributed by atoms with Gasteiger partial charge < -0.3 is 10.1 Å². The van der Waals surface area contributed by atoms with Gasteiger partial charge in [0.1, 0.15) is 6.04 Å². The summed E-state index contributed by atoms with van der Waals surface area (Å²) >= 11 is 0. The summed E-state index contributed by atoms with van der Waals surface area (Å²) in [6.45, 7) is 2.36. The van der Waals surface area contributed by atoms with Gasteiger partial charge in [0, 0.05) is 12.8 Å². The van der Waals surface area contributed by atoms with E-state index in [1.165, 1.54) is 32.1 Å². The molecule has 0 aromatic rings. The number of nitrogens with one attached hydrogen (secondary N) is 1. The summed E-state index contributed by atoms with van der Waals surface area (Å²) in [5.74, 6) is -5.40. The molecule has 0 radical (unpaired) electrons. The Morgan fingerprint density at radius 3 is 2.12 bits per heavy atom. The van der Waals surface area contributed by atoms with E-state index in [9.17, 15) is 18.4 Å². The molecular formula is C18H31F2NO3. The molecule has 0 spiro atoms. The van der Waals surface area contributed by atoms with Crippen molar-refractivity contribution in [1.82, 2.24) is 5.32 Å². The van der Waals surface area contributed by atoms with E-state index in [1.54, 1.807) is 0 Å². The van der Waals surface area contributed by atoms with Crippen LogP contribution in [0.2, 0.25) is 0 Å². The van der Waals surface area contributed by atoms with Gasteiger partial charge in [-0.15, -0.1) is 0 Å². The molecule has 1 saturated heterocycles. The Morgan fingerprint density at radius 1 is 1.08 bits per heavy atom. The van der Waals surface area contributed by atoms with E-state index in [4.69, 9.17) is 0 Å². The van der Waals surface area contributed by atoms with Gasteiger partial charge in [0.15, 0.2) is 0 Å². The average Bonchev–Trinajstić information content (AvgIpc) is 2.94. The molecule has 1 rings (SSSR count). The summed E-state index contributed by atoms with van der Waals surface area (Å²) in [6, 6.07) is -0.920. The molecule has 1 aliphatic heterocycles. The minimum absolute atomic E-state index is 0.174. The molecule has 6 heteroatoms. The molecule has 24 heavy (non-hydrogen) atoms.